The van der Waals surface area contributed by atoms with E-state index in [4.69, 9.17) is 0 Å². The van der Waals surface area contributed by atoms with Gasteiger partial charge in [-0.2, -0.15) is 0 Å². The quantitative estimate of drug-likeness (QED) is 0.172. The van der Waals surface area contributed by atoms with Gasteiger partial charge in [-0.1, -0.05) is 196 Å². The molecule has 1 nitrogen and oxygen atoms in total. The van der Waals surface area contributed by atoms with E-state index < -0.39 is 5.41 Å². The Morgan fingerprint density at radius 1 is 0.344 bits per heavy atom. The van der Waals surface area contributed by atoms with E-state index in [9.17, 15) is 0 Å². The zero-order valence-corrected chi connectivity index (χ0v) is 34.2. The second-order valence-corrected chi connectivity index (χ2v) is 17.6. The molecule has 0 saturated carbocycles. The van der Waals surface area contributed by atoms with Gasteiger partial charge in [-0.3, -0.25) is 0 Å². The highest BCUT2D eigenvalue weighted by atomic mass is 15.1. The summed E-state index contributed by atoms with van der Waals surface area (Å²) in [7, 11) is 0. The summed E-state index contributed by atoms with van der Waals surface area (Å²) in [6.45, 7) is 4.73. The first kappa shape index (κ1) is 34.4. The molecule has 3 aliphatic carbocycles. The van der Waals surface area contributed by atoms with Crippen LogP contribution in [0.1, 0.15) is 47.2 Å². The van der Waals surface area contributed by atoms with Gasteiger partial charge >= 0.3 is 0 Å². The molecular formula is C60H41N. The largest absolute Gasteiger partial charge is 0.310 e. The van der Waals surface area contributed by atoms with Crippen molar-refractivity contribution in [3.8, 4) is 44.5 Å². The SMILES string of the molecule is CC1(C)c2ccccc2-c2cc(N(c3ccc4c(c3)C3(c5ccccc5-4)c4ccccc4-c4cccc5ccc(-c6ccccc6)c3c45)c3cccc4ccccc34)ccc21. The fraction of sp³-hybridized carbons (Fsp3) is 0.0667. The van der Waals surface area contributed by atoms with E-state index in [0.717, 1.165) is 17.1 Å². The molecule has 3 aliphatic rings. The molecule has 61 heavy (non-hydrogen) atoms. The van der Waals surface area contributed by atoms with Crippen LogP contribution in [-0.4, -0.2) is 0 Å². The van der Waals surface area contributed by atoms with Crippen LogP contribution in [0.2, 0.25) is 0 Å². The Labute approximate surface area is 356 Å². The molecule has 0 aliphatic heterocycles. The number of nitrogens with zero attached hydrogens (tertiary/aromatic N) is 1. The topological polar surface area (TPSA) is 3.24 Å². The molecule has 286 valence electrons. The van der Waals surface area contributed by atoms with Crippen molar-refractivity contribution in [3.63, 3.8) is 0 Å². The van der Waals surface area contributed by atoms with Crippen LogP contribution in [0.5, 0.6) is 0 Å². The van der Waals surface area contributed by atoms with E-state index in [2.05, 4.69) is 231 Å². The summed E-state index contributed by atoms with van der Waals surface area (Å²) < 4.78 is 0. The highest BCUT2D eigenvalue weighted by molar-refractivity contribution is 6.10. The molecule has 1 spiro atoms. The normalized spacial score (nSPS) is 15.9. The molecule has 13 rings (SSSR count). The minimum absolute atomic E-state index is 0.0808. The highest BCUT2D eigenvalue weighted by Crippen LogP contribution is 2.64. The van der Waals surface area contributed by atoms with Crippen LogP contribution in [0.3, 0.4) is 0 Å². The zero-order valence-electron chi connectivity index (χ0n) is 34.2. The van der Waals surface area contributed by atoms with Crippen molar-refractivity contribution in [1.82, 2.24) is 0 Å². The Balaban J connectivity index is 1.15. The van der Waals surface area contributed by atoms with Gasteiger partial charge in [0.15, 0.2) is 0 Å². The lowest BCUT2D eigenvalue weighted by Gasteiger charge is -2.41. The fourth-order valence-electron chi connectivity index (χ4n) is 11.7. The lowest BCUT2D eigenvalue weighted by Crippen LogP contribution is -2.32. The van der Waals surface area contributed by atoms with Crippen LogP contribution >= 0.6 is 0 Å². The van der Waals surface area contributed by atoms with Gasteiger partial charge in [0, 0.05) is 22.2 Å². The Morgan fingerprint density at radius 2 is 0.885 bits per heavy atom. The molecule has 0 saturated heterocycles. The van der Waals surface area contributed by atoms with Gasteiger partial charge in [0.05, 0.1) is 11.1 Å². The van der Waals surface area contributed by atoms with Crippen molar-refractivity contribution < 1.29 is 0 Å². The third-order valence-electron chi connectivity index (χ3n) is 14.2. The fourth-order valence-corrected chi connectivity index (χ4v) is 11.7. The number of hydrogen-bond acceptors (Lipinski definition) is 1. The Morgan fingerprint density at radius 3 is 1.69 bits per heavy atom. The third kappa shape index (κ3) is 4.56. The first-order valence-electron chi connectivity index (χ1n) is 21.5. The molecule has 10 aromatic rings. The van der Waals surface area contributed by atoms with Gasteiger partial charge in [0.1, 0.15) is 0 Å². The van der Waals surface area contributed by atoms with Gasteiger partial charge in [0.25, 0.3) is 0 Å². The van der Waals surface area contributed by atoms with E-state index in [1.807, 2.05) is 0 Å². The van der Waals surface area contributed by atoms with Crippen LogP contribution in [0, 0.1) is 0 Å². The molecule has 0 bridgehead atoms. The average Bonchev–Trinajstić information content (AvgIpc) is 3.73. The smallest absolute Gasteiger partial charge is 0.0732 e. The van der Waals surface area contributed by atoms with Crippen molar-refractivity contribution in [3.05, 3.63) is 246 Å². The molecule has 10 aromatic carbocycles. The van der Waals surface area contributed by atoms with Crippen molar-refractivity contribution >= 4 is 38.6 Å². The van der Waals surface area contributed by atoms with Crippen LogP contribution in [-0.2, 0) is 10.8 Å². The second-order valence-electron chi connectivity index (χ2n) is 17.6. The van der Waals surface area contributed by atoms with E-state index in [1.165, 1.54) is 99.4 Å². The van der Waals surface area contributed by atoms with Crippen molar-refractivity contribution in [1.29, 1.82) is 0 Å². The molecule has 1 atom stereocenters. The average molecular weight is 776 g/mol. The Bertz CT molecular complexity index is 3460. The lowest BCUT2D eigenvalue weighted by molar-refractivity contribution is 0.660. The van der Waals surface area contributed by atoms with Gasteiger partial charge in [0.2, 0.25) is 0 Å². The number of rotatable bonds is 4. The van der Waals surface area contributed by atoms with E-state index >= 15 is 0 Å². The Hall–Kier alpha value is -7.48. The summed E-state index contributed by atoms with van der Waals surface area (Å²) in [5.41, 5.74) is 21.2. The zero-order chi connectivity index (χ0) is 40.5. The molecule has 0 N–H and O–H groups in total. The summed E-state index contributed by atoms with van der Waals surface area (Å²) in [5.74, 6) is 0. The molecule has 0 radical (unpaired) electrons. The van der Waals surface area contributed by atoms with Gasteiger partial charge in [-0.15, -0.1) is 0 Å². The summed E-state index contributed by atoms with van der Waals surface area (Å²) in [5, 5.41) is 5.04. The maximum Gasteiger partial charge on any atom is 0.0732 e. The lowest BCUT2D eigenvalue weighted by atomic mass is 9.60. The first-order valence-corrected chi connectivity index (χ1v) is 21.5. The third-order valence-corrected chi connectivity index (χ3v) is 14.2. The van der Waals surface area contributed by atoms with Crippen molar-refractivity contribution in [2.45, 2.75) is 24.7 Å². The molecule has 1 heteroatoms. The first-order chi connectivity index (χ1) is 30.0. The minimum atomic E-state index is -0.594. The van der Waals surface area contributed by atoms with E-state index in [0.29, 0.717) is 0 Å². The predicted molar refractivity (Wildman–Crippen MR) is 255 cm³/mol. The van der Waals surface area contributed by atoms with Crippen LogP contribution in [0.25, 0.3) is 66.1 Å². The van der Waals surface area contributed by atoms with Gasteiger partial charge in [-0.05, 0) is 124 Å². The van der Waals surface area contributed by atoms with Crippen molar-refractivity contribution in [2.24, 2.45) is 0 Å². The summed E-state index contributed by atoms with van der Waals surface area (Å²) in [6, 6.07) is 80.0. The highest BCUT2D eigenvalue weighted by Gasteiger charge is 2.51. The monoisotopic (exact) mass is 775 g/mol. The second kappa shape index (κ2) is 12.5. The maximum atomic E-state index is 2.54. The number of anilines is 3. The molecule has 0 amide bonds. The Kier molecular flexibility index (Phi) is 7.06. The molecular weight excluding hydrogens is 735 g/mol. The van der Waals surface area contributed by atoms with Gasteiger partial charge in [-0.25, -0.2) is 0 Å². The summed E-state index contributed by atoms with van der Waals surface area (Å²) in [6.07, 6.45) is 0. The molecule has 0 fully saturated rings. The predicted octanol–water partition coefficient (Wildman–Crippen LogP) is 15.8. The summed E-state index contributed by atoms with van der Waals surface area (Å²) in [4.78, 5) is 2.52. The van der Waals surface area contributed by atoms with Crippen LogP contribution < -0.4 is 4.90 Å². The van der Waals surface area contributed by atoms with Gasteiger partial charge < -0.3 is 4.90 Å². The number of hydrogen-bond donors (Lipinski definition) is 0. The van der Waals surface area contributed by atoms with Crippen molar-refractivity contribution in [2.75, 3.05) is 4.90 Å². The van der Waals surface area contributed by atoms with Crippen LogP contribution in [0.4, 0.5) is 17.1 Å². The molecule has 1 unspecified atom stereocenters. The minimum Gasteiger partial charge on any atom is -0.310 e. The number of fused-ring (bicyclic) bond motifs is 13. The van der Waals surface area contributed by atoms with Crippen LogP contribution in [0.15, 0.2) is 212 Å². The summed E-state index contributed by atoms with van der Waals surface area (Å²) >= 11 is 0. The van der Waals surface area contributed by atoms with E-state index in [1.54, 1.807) is 0 Å². The van der Waals surface area contributed by atoms with E-state index in [-0.39, 0.29) is 5.41 Å². The molecule has 0 aromatic heterocycles. The maximum absolute atomic E-state index is 2.54. The molecule has 0 heterocycles. The standard InChI is InChI=1S/C60H41N/c1-59(2)51-26-11-8-24-47(51)50-36-41(32-35-52(50)59)61(56-29-15-19-38-18-6-7-21-43(38)56)42-31-34-48-45-22-9-12-27-53(45)60(55(48)37-42)54-28-13-10-23-46(54)49-25-14-20-40-30-33-44(58(60)57(40)49)39-16-4-3-5-17-39/h3-37H,1-2H3. The number of benzene rings is 10.